The van der Waals surface area contributed by atoms with Crippen LogP contribution in [0.5, 0.6) is 0 Å². The van der Waals surface area contributed by atoms with E-state index in [1.807, 2.05) is 13.0 Å². The number of benzene rings is 2. The quantitative estimate of drug-likeness (QED) is 0.753. The number of halogens is 2. The highest BCUT2D eigenvalue weighted by Gasteiger charge is 2.33. The first-order valence-electron chi connectivity index (χ1n) is 7.21. The van der Waals surface area contributed by atoms with Crippen LogP contribution in [0.25, 0.3) is 0 Å². The number of sulfonamides is 1. The van der Waals surface area contributed by atoms with Gasteiger partial charge in [-0.3, -0.25) is 9.10 Å². The van der Waals surface area contributed by atoms with E-state index in [9.17, 15) is 17.6 Å². The van der Waals surface area contributed by atoms with Crippen LogP contribution >= 0.6 is 11.6 Å². The molecular weight excluding hydrogens is 353 g/mol. The van der Waals surface area contributed by atoms with Crippen LogP contribution in [0, 0.1) is 19.7 Å². The molecule has 2 aromatic carbocycles. The largest absolute Gasteiger partial charge is 0.279 e. The molecule has 0 fully saturated rings. The number of nitrogens with zero attached hydrogens (tertiary/aromatic N) is 1. The highest BCUT2D eigenvalue weighted by Crippen LogP contribution is 2.30. The van der Waals surface area contributed by atoms with Crippen LogP contribution in [0.2, 0.25) is 0 Å². The number of carbonyl (C=O) groups excluding carboxylic acids is 1. The number of anilines is 1. The smallest absolute Gasteiger partial charge is 0.265 e. The maximum atomic E-state index is 13.1. The van der Waals surface area contributed by atoms with Crippen LogP contribution in [0.3, 0.4) is 0 Å². The summed E-state index contributed by atoms with van der Waals surface area (Å²) in [5.74, 6) is -0.547. The van der Waals surface area contributed by atoms with E-state index >= 15 is 0 Å². The highest BCUT2D eigenvalue weighted by atomic mass is 35.5. The minimum Gasteiger partial charge on any atom is -0.279 e. The normalized spacial score (nSPS) is 12.7. The van der Waals surface area contributed by atoms with Gasteiger partial charge in [-0.15, -0.1) is 0 Å². The molecule has 7 heteroatoms. The predicted molar refractivity (Wildman–Crippen MR) is 92.3 cm³/mol. The summed E-state index contributed by atoms with van der Waals surface area (Å²) >= 11 is 5.58. The van der Waals surface area contributed by atoms with E-state index in [1.165, 1.54) is 6.92 Å². The second kappa shape index (κ2) is 6.91. The molecule has 0 aliphatic heterocycles. The Morgan fingerprint density at radius 3 is 2.25 bits per heavy atom. The lowest BCUT2D eigenvalue weighted by Crippen LogP contribution is -2.42. The summed E-state index contributed by atoms with van der Waals surface area (Å²) in [6.07, 6.45) is 0. The first-order valence-corrected chi connectivity index (χ1v) is 9.03. The average molecular weight is 370 g/mol. The third kappa shape index (κ3) is 3.60. The Morgan fingerprint density at radius 2 is 1.71 bits per heavy atom. The third-order valence-corrected chi connectivity index (χ3v) is 5.87. The van der Waals surface area contributed by atoms with Gasteiger partial charge in [-0.25, -0.2) is 12.8 Å². The van der Waals surface area contributed by atoms with Crippen LogP contribution in [0.4, 0.5) is 10.1 Å². The summed E-state index contributed by atoms with van der Waals surface area (Å²) in [7, 11) is -4.09. The second-order valence-electron chi connectivity index (χ2n) is 5.52. The minimum atomic E-state index is -4.09. The Morgan fingerprint density at radius 1 is 1.12 bits per heavy atom. The van der Waals surface area contributed by atoms with E-state index < -0.39 is 27.1 Å². The lowest BCUT2D eigenvalue weighted by Gasteiger charge is -2.30. The molecule has 0 amide bonds. The van der Waals surface area contributed by atoms with Gasteiger partial charge in [0.05, 0.1) is 10.6 Å². The Labute approximate surface area is 145 Å². The SMILES string of the molecule is Cc1ccc(C)c(N(C(C)C(=O)Cl)S(=O)(=O)c2ccc(F)cc2)c1. The molecule has 0 aliphatic rings. The van der Waals surface area contributed by atoms with E-state index in [-0.39, 0.29) is 4.90 Å². The number of rotatable bonds is 5. The molecule has 2 rings (SSSR count). The number of carbonyl (C=O) groups is 1. The molecule has 0 saturated heterocycles. The Hall–Kier alpha value is -1.92. The molecule has 0 aliphatic carbocycles. The van der Waals surface area contributed by atoms with Crippen LogP contribution < -0.4 is 4.31 Å². The van der Waals surface area contributed by atoms with Crippen LogP contribution in [0.1, 0.15) is 18.1 Å². The maximum Gasteiger partial charge on any atom is 0.265 e. The topological polar surface area (TPSA) is 54.5 Å². The third-order valence-electron chi connectivity index (χ3n) is 3.65. The van der Waals surface area contributed by atoms with Crippen molar-refractivity contribution in [3.63, 3.8) is 0 Å². The van der Waals surface area contributed by atoms with Gasteiger partial charge in [0.1, 0.15) is 11.9 Å². The Kier molecular flexibility index (Phi) is 5.30. The first kappa shape index (κ1) is 18.4. The summed E-state index contributed by atoms with van der Waals surface area (Å²) in [4.78, 5) is 11.6. The zero-order valence-corrected chi connectivity index (χ0v) is 15.0. The van der Waals surface area contributed by atoms with Crippen molar-refractivity contribution in [2.75, 3.05) is 4.31 Å². The van der Waals surface area contributed by atoms with Gasteiger partial charge in [-0.05, 0) is 73.8 Å². The van der Waals surface area contributed by atoms with Crippen molar-refractivity contribution in [1.29, 1.82) is 0 Å². The van der Waals surface area contributed by atoms with E-state index in [4.69, 9.17) is 11.6 Å². The highest BCUT2D eigenvalue weighted by molar-refractivity contribution is 7.93. The summed E-state index contributed by atoms with van der Waals surface area (Å²) in [6, 6.07) is 8.61. The maximum absolute atomic E-state index is 13.1. The average Bonchev–Trinajstić information content (AvgIpc) is 2.51. The Balaban J connectivity index is 2.68. The van der Waals surface area contributed by atoms with Gasteiger partial charge < -0.3 is 0 Å². The van der Waals surface area contributed by atoms with Crippen LogP contribution in [0.15, 0.2) is 47.4 Å². The summed E-state index contributed by atoms with van der Waals surface area (Å²) in [5.41, 5.74) is 1.88. The molecule has 24 heavy (non-hydrogen) atoms. The number of aryl methyl sites for hydroxylation is 2. The van der Waals surface area contributed by atoms with Gasteiger partial charge in [-0.1, -0.05) is 12.1 Å². The Bertz CT molecular complexity index is 866. The molecule has 0 aromatic heterocycles. The number of hydrogen-bond donors (Lipinski definition) is 0. The summed E-state index contributed by atoms with van der Waals surface area (Å²) in [5, 5.41) is -0.804. The zero-order valence-electron chi connectivity index (χ0n) is 13.5. The van der Waals surface area contributed by atoms with Crippen molar-refractivity contribution in [2.24, 2.45) is 0 Å². The van der Waals surface area contributed by atoms with Crippen molar-refractivity contribution in [2.45, 2.75) is 31.7 Å². The molecule has 0 N–H and O–H groups in total. The number of hydrogen-bond acceptors (Lipinski definition) is 3. The van der Waals surface area contributed by atoms with E-state index in [2.05, 4.69) is 0 Å². The van der Waals surface area contributed by atoms with Gasteiger partial charge in [-0.2, -0.15) is 0 Å². The van der Waals surface area contributed by atoms with E-state index in [1.54, 1.807) is 19.1 Å². The van der Waals surface area contributed by atoms with Crippen LogP contribution in [-0.4, -0.2) is 19.7 Å². The standard InChI is InChI=1S/C17H17ClFNO3S/c1-11-4-5-12(2)16(10-11)20(13(3)17(18)21)24(22,23)15-8-6-14(19)7-9-15/h4-10,13H,1-3H3. The molecule has 1 unspecified atom stereocenters. The molecule has 4 nitrogen and oxygen atoms in total. The molecule has 0 bridgehead atoms. The molecule has 0 saturated carbocycles. The first-order chi connectivity index (χ1) is 11.1. The van der Waals surface area contributed by atoms with Gasteiger partial charge in [0.15, 0.2) is 0 Å². The minimum absolute atomic E-state index is 0.116. The zero-order chi connectivity index (χ0) is 18.1. The summed E-state index contributed by atoms with van der Waals surface area (Å²) in [6.45, 7) is 4.98. The fourth-order valence-corrected chi connectivity index (χ4v) is 4.15. The lowest BCUT2D eigenvalue weighted by molar-refractivity contribution is -0.112. The fourth-order valence-electron chi connectivity index (χ4n) is 2.32. The van der Waals surface area contributed by atoms with Crippen molar-refractivity contribution >= 4 is 32.6 Å². The molecule has 1 atom stereocenters. The van der Waals surface area contributed by atoms with Crippen molar-refractivity contribution in [3.05, 3.63) is 59.4 Å². The van der Waals surface area contributed by atoms with Crippen molar-refractivity contribution < 1.29 is 17.6 Å². The van der Waals surface area contributed by atoms with Gasteiger partial charge >= 0.3 is 0 Å². The monoisotopic (exact) mass is 369 g/mol. The van der Waals surface area contributed by atoms with E-state index in [0.717, 1.165) is 34.1 Å². The molecule has 0 heterocycles. The van der Waals surface area contributed by atoms with Crippen molar-refractivity contribution in [3.8, 4) is 0 Å². The second-order valence-corrected chi connectivity index (χ2v) is 7.71. The molecule has 0 spiro atoms. The van der Waals surface area contributed by atoms with Crippen molar-refractivity contribution in [1.82, 2.24) is 0 Å². The molecule has 2 aromatic rings. The van der Waals surface area contributed by atoms with Gasteiger partial charge in [0.2, 0.25) is 5.24 Å². The fraction of sp³-hybridized carbons (Fsp3) is 0.235. The van der Waals surface area contributed by atoms with Gasteiger partial charge in [0.25, 0.3) is 10.0 Å². The lowest BCUT2D eigenvalue weighted by atomic mass is 10.1. The molecule has 0 radical (unpaired) electrons. The van der Waals surface area contributed by atoms with Gasteiger partial charge in [0, 0.05) is 0 Å². The van der Waals surface area contributed by atoms with E-state index in [0.29, 0.717) is 11.3 Å². The molecule has 128 valence electrons. The summed E-state index contributed by atoms with van der Waals surface area (Å²) < 4.78 is 40.2. The predicted octanol–water partition coefficient (Wildman–Crippen LogP) is 3.79. The van der Waals surface area contributed by atoms with Crippen LogP contribution in [-0.2, 0) is 14.8 Å². The molecular formula is C17H17ClFNO3S.